The van der Waals surface area contributed by atoms with E-state index in [1.54, 1.807) is 42.7 Å². The van der Waals surface area contributed by atoms with Gasteiger partial charge in [-0.3, -0.25) is 0 Å². The Morgan fingerprint density at radius 2 is 0.732 bits per heavy atom. The molecule has 0 fully saturated rings. The smallest absolute Gasteiger partial charge is 0 e. The van der Waals surface area contributed by atoms with Crippen LogP contribution in [0.25, 0.3) is 0 Å². The van der Waals surface area contributed by atoms with E-state index in [-0.39, 0.29) is 20.4 Å². The van der Waals surface area contributed by atoms with E-state index >= 15 is 0 Å². The predicted molar refractivity (Wildman–Crippen MR) is 133 cm³/mol. The molecule has 0 N–H and O–H groups in total. The van der Waals surface area contributed by atoms with Crippen LogP contribution in [0, 0.1) is 20.0 Å². The zero-order chi connectivity index (χ0) is 30.5. The van der Waals surface area contributed by atoms with Crippen LogP contribution in [0.1, 0.15) is 40.5 Å². The minimum absolute atomic E-state index is 0. The molecule has 0 aliphatic heterocycles. The van der Waals surface area contributed by atoms with E-state index in [1.807, 2.05) is 32.2 Å². The Hall–Kier alpha value is -2.73. The van der Waals surface area contributed by atoms with Crippen LogP contribution in [0.15, 0.2) is 18.2 Å². The zero-order valence-electron chi connectivity index (χ0n) is 23.8. The molecule has 15 nitrogen and oxygen atoms in total. The van der Waals surface area contributed by atoms with Crippen molar-refractivity contribution in [1.82, 2.24) is 29.3 Å². The van der Waals surface area contributed by atoms with Crippen LogP contribution in [-0.4, -0.2) is 72.0 Å². The van der Waals surface area contributed by atoms with Gasteiger partial charge >= 0.3 is 33.9 Å². The molecule has 16 heteroatoms. The van der Waals surface area contributed by atoms with E-state index in [0.717, 1.165) is 34.2 Å². The van der Waals surface area contributed by atoms with Crippen LogP contribution >= 0.6 is 0 Å². The topological polar surface area (TPSA) is 169 Å². The molecule has 0 amide bonds. The first-order valence-corrected chi connectivity index (χ1v) is 11.4. The predicted octanol–water partition coefficient (Wildman–Crippen LogP) is 1.59. The SMILES string of the molecule is COCc1cc(COC)n(C(n2nc(COC)cc2COC)n2nc(COC)cc2COC)n1.[C-]#[O+].[C-]#[O+].[C-]#[O+].[Re]. The number of methoxy groups -OCH3 is 6. The first-order chi connectivity index (χ1) is 19.6. The number of aromatic nitrogens is 6. The summed E-state index contributed by atoms with van der Waals surface area (Å²) < 4.78 is 60.4. The molecule has 0 bridgehead atoms. The summed E-state index contributed by atoms with van der Waals surface area (Å²) in [4.78, 5) is 0. The largest absolute Gasteiger partial charge is 0 e. The summed E-state index contributed by atoms with van der Waals surface area (Å²) in [6, 6.07) is 5.85. The average molecular weight is 749 g/mol. The molecule has 3 rings (SSSR count). The van der Waals surface area contributed by atoms with Gasteiger partial charge in [-0.15, -0.1) is 0 Å². The first kappa shape index (κ1) is 40.4. The second kappa shape index (κ2) is 23.9. The molecule has 3 heterocycles. The molecule has 3 aromatic rings. The number of hydrogen-bond donors (Lipinski definition) is 0. The molecule has 0 aliphatic carbocycles. The van der Waals surface area contributed by atoms with E-state index in [0.29, 0.717) is 39.6 Å². The average Bonchev–Trinajstić information content (AvgIpc) is 3.68. The fraction of sp³-hybridized carbons (Fsp3) is 0.520. The maximum absolute atomic E-state index is 7.50. The van der Waals surface area contributed by atoms with E-state index in [9.17, 15) is 0 Å². The third kappa shape index (κ3) is 11.6. The van der Waals surface area contributed by atoms with Gasteiger partial charge in [0.2, 0.25) is 6.29 Å². The number of rotatable bonds is 15. The second-order valence-corrected chi connectivity index (χ2v) is 7.66. The number of nitrogens with zero attached hydrogens (tertiary/aromatic N) is 6. The van der Waals surface area contributed by atoms with Crippen molar-refractivity contribution in [2.75, 3.05) is 42.7 Å². The Bertz CT molecular complexity index is 1030. The van der Waals surface area contributed by atoms with Crippen molar-refractivity contribution in [3.8, 4) is 0 Å². The van der Waals surface area contributed by atoms with Gasteiger partial charge in [0.25, 0.3) is 0 Å². The van der Waals surface area contributed by atoms with Crippen molar-refractivity contribution in [3.05, 3.63) is 72.3 Å². The molecule has 225 valence electrons. The molecule has 0 saturated heterocycles. The van der Waals surface area contributed by atoms with Crippen molar-refractivity contribution in [2.24, 2.45) is 0 Å². The van der Waals surface area contributed by atoms with E-state index in [2.05, 4.69) is 20.0 Å². The van der Waals surface area contributed by atoms with Gasteiger partial charge in [-0.1, -0.05) is 0 Å². The molecule has 0 aromatic carbocycles. The van der Waals surface area contributed by atoms with E-state index in [1.165, 1.54) is 0 Å². The summed E-state index contributed by atoms with van der Waals surface area (Å²) in [5.41, 5.74) is 4.77. The molecule has 1 radical (unpaired) electrons. The molecular weight excluding hydrogens is 715 g/mol. The van der Waals surface area contributed by atoms with E-state index < -0.39 is 6.29 Å². The van der Waals surface area contributed by atoms with Crippen molar-refractivity contribution < 1.29 is 62.8 Å². The summed E-state index contributed by atoms with van der Waals surface area (Å²) in [5.74, 6) is 0. The van der Waals surface area contributed by atoms with Crippen molar-refractivity contribution >= 4 is 0 Å². The molecule has 41 heavy (non-hydrogen) atoms. The maximum Gasteiger partial charge on any atom is 0 e. The molecular formula is C25H34N6O9Re. The summed E-state index contributed by atoms with van der Waals surface area (Å²) in [5, 5.41) is 14.5. The van der Waals surface area contributed by atoms with Gasteiger partial charge in [0.15, 0.2) is 0 Å². The van der Waals surface area contributed by atoms with Gasteiger partial charge in [0.1, 0.15) is 0 Å². The molecule has 0 saturated carbocycles. The molecule has 0 unspecified atom stereocenters. The molecule has 0 aliphatic rings. The minimum atomic E-state index is -0.609. The Morgan fingerprint density at radius 1 is 0.512 bits per heavy atom. The minimum Gasteiger partial charge on any atom is 0 e. The van der Waals surface area contributed by atoms with Gasteiger partial charge in [-0.2, -0.15) is 15.3 Å². The van der Waals surface area contributed by atoms with Gasteiger partial charge < -0.3 is 28.4 Å². The summed E-state index contributed by atoms with van der Waals surface area (Å²) in [6.07, 6.45) is -0.609. The van der Waals surface area contributed by atoms with Crippen LogP contribution < -0.4 is 0 Å². The number of hydrogen-bond acceptors (Lipinski definition) is 9. The van der Waals surface area contributed by atoms with Crippen molar-refractivity contribution in [1.29, 1.82) is 0 Å². The summed E-state index contributed by atoms with van der Waals surface area (Å²) >= 11 is 0. The van der Waals surface area contributed by atoms with Gasteiger partial charge in [-0.25, -0.2) is 14.0 Å². The normalized spacial score (nSPS) is 9.88. The standard InChI is InChI=1S/C22H34N6O6.3CO.Re/c1-29-10-16-7-19(13-32-4)26(23-16)22(27-20(14-33-5)8-17(24-27)11-30-2)28-21(15-34-6)9-18(25-28)12-31-3;3*1-2;/h7-9,22H,10-15H2,1-6H3;;;;. The Morgan fingerprint density at radius 3 is 0.927 bits per heavy atom. The van der Waals surface area contributed by atoms with Crippen LogP contribution in [0.2, 0.25) is 0 Å². The zero-order valence-corrected chi connectivity index (χ0v) is 26.5. The Balaban J connectivity index is 0. The maximum atomic E-state index is 7.50. The van der Waals surface area contributed by atoms with Crippen LogP contribution in [0.4, 0.5) is 0 Å². The fourth-order valence-electron chi connectivity index (χ4n) is 3.80. The van der Waals surface area contributed by atoms with Gasteiger partial charge in [0, 0.05) is 63.1 Å². The third-order valence-electron chi connectivity index (χ3n) is 5.00. The second-order valence-electron chi connectivity index (χ2n) is 7.66. The van der Waals surface area contributed by atoms with Crippen molar-refractivity contribution in [2.45, 2.75) is 45.9 Å². The molecule has 0 atom stereocenters. The van der Waals surface area contributed by atoms with Crippen LogP contribution in [0.5, 0.6) is 0 Å². The Kier molecular flexibility index (Phi) is 23.6. The van der Waals surface area contributed by atoms with Crippen LogP contribution in [-0.2, 0) is 102 Å². The van der Waals surface area contributed by atoms with Crippen molar-refractivity contribution in [3.63, 3.8) is 0 Å². The van der Waals surface area contributed by atoms with E-state index in [4.69, 9.17) is 57.7 Å². The fourth-order valence-corrected chi connectivity index (χ4v) is 3.80. The van der Waals surface area contributed by atoms with Gasteiger partial charge in [0.05, 0.1) is 73.8 Å². The van der Waals surface area contributed by atoms with Gasteiger partial charge in [-0.05, 0) is 18.2 Å². The summed E-state index contributed by atoms with van der Waals surface area (Å²) in [7, 11) is 9.83. The quantitative estimate of drug-likeness (QED) is 0.166. The first-order valence-electron chi connectivity index (χ1n) is 11.4. The Labute approximate surface area is 252 Å². The molecule has 3 aromatic heterocycles. The third-order valence-corrected chi connectivity index (χ3v) is 5.00. The molecule has 0 spiro atoms. The summed E-state index contributed by atoms with van der Waals surface area (Å²) in [6.45, 7) is 15.6. The number of ether oxygens (including phenoxy) is 6. The monoisotopic (exact) mass is 749 g/mol. The van der Waals surface area contributed by atoms with Crippen LogP contribution in [0.3, 0.4) is 0 Å².